The summed E-state index contributed by atoms with van der Waals surface area (Å²) in [7, 11) is -4.37. The Bertz CT molecular complexity index is 762. The summed E-state index contributed by atoms with van der Waals surface area (Å²) in [5.41, 5.74) is -0.740. The first-order chi connectivity index (χ1) is 11.6. The van der Waals surface area contributed by atoms with Crippen LogP contribution in [-0.4, -0.2) is 33.2 Å². The molecule has 10 heteroatoms. The standard InChI is InChI=1S/C16H20Cl4O4Si2/c1-25(2,3)8(7-21)15(26(4,5)6)16(23)24-14-12(20)10(18)9(17)11(19)13(14)22/h15,22H,1-6H3. The zero-order chi connectivity index (χ0) is 20.6. The summed E-state index contributed by atoms with van der Waals surface area (Å²) in [4.78, 5) is 24.6. The van der Waals surface area contributed by atoms with Crippen LogP contribution < -0.4 is 4.74 Å². The summed E-state index contributed by atoms with van der Waals surface area (Å²) in [5, 5.41) is 9.82. The number of hydrogen-bond acceptors (Lipinski definition) is 4. The van der Waals surface area contributed by atoms with Gasteiger partial charge in [-0.25, -0.2) is 4.79 Å². The van der Waals surface area contributed by atoms with E-state index in [9.17, 15) is 14.7 Å². The maximum Gasteiger partial charge on any atom is 0.316 e. The van der Waals surface area contributed by atoms with Crippen molar-refractivity contribution in [2.24, 2.45) is 0 Å². The lowest BCUT2D eigenvalue weighted by atomic mass is 10.3. The second kappa shape index (κ2) is 8.27. The average Bonchev–Trinajstić information content (AvgIpc) is 2.50. The summed E-state index contributed by atoms with van der Waals surface area (Å²) in [6.07, 6.45) is 0. The van der Waals surface area contributed by atoms with Crippen LogP contribution in [0.25, 0.3) is 0 Å². The average molecular weight is 474 g/mol. The van der Waals surface area contributed by atoms with E-state index in [4.69, 9.17) is 51.1 Å². The van der Waals surface area contributed by atoms with Crippen molar-refractivity contribution in [2.75, 3.05) is 0 Å². The molecule has 0 spiro atoms. The van der Waals surface area contributed by atoms with Gasteiger partial charge >= 0.3 is 5.97 Å². The number of esters is 1. The van der Waals surface area contributed by atoms with Gasteiger partial charge < -0.3 is 9.84 Å². The predicted octanol–water partition coefficient (Wildman–Crippen LogP) is 6.26. The largest absolute Gasteiger partial charge is 0.503 e. The number of hydrogen-bond donors (Lipinski definition) is 1. The Labute approximate surface area is 175 Å². The van der Waals surface area contributed by atoms with Gasteiger partial charge in [-0.05, 0) is 0 Å². The molecule has 0 saturated carbocycles. The van der Waals surface area contributed by atoms with Crippen LogP contribution in [0.2, 0.25) is 64.9 Å². The zero-order valence-corrected chi connectivity index (χ0v) is 20.3. The number of carbonyl (C=O) groups is 1. The van der Waals surface area contributed by atoms with Crippen molar-refractivity contribution in [1.29, 1.82) is 0 Å². The second-order valence-electron chi connectivity index (χ2n) is 7.92. The molecule has 1 atom stereocenters. The van der Waals surface area contributed by atoms with E-state index in [1.165, 1.54) is 0 Å². The highest BCUT2D eigenvalue weighted by atomic mass is 35.5. The quantitative estimate of drug-likeness (QED) is 0.137. The van der Waals surface area contributed by atoms with E-state index in [0.29, 0.717) is 5.20 Å². The van der Waals surface area contributed by atoms with E-state index in [2.05, 4.69) is 0 Å². The molecule has 1 aromatic rings. The molecule has 0 aliphatic carbocycles. The number of carbonyl (C=O) groups excluding carboxylic acids is 2. The number of rotatable bonds is 5. The van der Waals surface area contributed by atoms with Crippen LogP contribution in [0.1, 0.15) is 0 Å². The van der Waals surface area contributed by atoms with Crippen LogP contribution in [-0.2, 0) is 9.59 Å². The van der Waals surface area contributed by atoms with Gasteiger partial charge in [-0.3, -0.25) is 4.79 Å². The Morgan fingerprint density at radius 2 is 1.42 bits per heavy atom. The smallest absolute Gasteiger partial charge is 0.316 e. The molecule has 0 aliphatic heterocycles. The topological polar surface area (TPSA) is 63.6 Å². The van der Waals surface area contributed by atoms with Crippen molar-refractivity contribution in [2.45, 2.75) is 44.8 Å². The SMILES string of the molecule is C[Si](C)(C)C(=C=O)C(C(=O)Oc1c(O)c(Cl)c(Cl)c(Cl)c1Cl)[Si](C)(C)C. The van der Waals surface area contributed by atoms with Gasteiger partial charge in [-0.2, -0.15) is 0 Å². The number of aromatic hydroxyl groups is 1. The van der Waals surface area contributed by atoms with Crippen LogP contribution >= 0.6 is 46.4 Å². The van der Waals surface area contributed by atoms with Gasteiger partial charge in [0.2, 0.25) is 0 Å². The Kier molecular flexibility index (Phi) is 7.50. The zero-order valence-electron chi connectivity index (χ0n) is 15.3. The fraction of sp³-hybridized carbons (Fsp3) is 0.438. The molecule has 0 aromatic heterocycles. The predicted molar refractivity (Wildman–Crippen MR) is 113 cm³/mol. The minimum atomic E-state index is -2.23. The third-order valence-electron chi connectivity index (χ3n) is 3.71. The van der Waals surface area contributed by atoms with Gasteiger partial charge in [0.1, 0.15) is 16.0 Å². The molecule has 0 radical (unpaired) electrons. The van der Waals surface area contributed by atoms with Crippen LogP contribution in [0.3, 0.4) is 0 Å². The fourth-order valence-electron chi connectivity index (χ4n) is 2.40. The first-order valence-electron chi connectivity index (χ1n) is 7.66. The minimum absolute atomic E-state index is 0.139. The van der Waals surface area contributed by atoms with E-state index < -0.39 is 33.4 Å². The molecule has 1 N–H and O–H groups in total. The Morgan fingerprint density at radius 1 is 0.962 bits per heavy atom. The third-order valence-corrected chi connectivity index (χ3v) is 10.0. The third kappa shape index (κ3) is 4.87. The minimum Gasteiger partial charge on any atom is -0.503 e. The van der Waals surface area contributed by atoms with Gasteiger partial charge in [0.25, 0.3) is 0 Å². The van der Waals surface area contributed by atoms with E-state index in [-0.39, 0.29) is 25.8 Å². The Morgan fingerprint density at radius 3 is 1.81 bits per heavy atom. The molecule has 0 bridgehead atoms. The second-order valence-corrected chi connectivity index (χ2v) is 19.8. The molecule has 4 nitrogen and oxygen atoms in total. The molecule has 26 heavy (non-hydrogen) atoms. The van der Waals surface area contributed by atoms with Crippen LogP contribution in [0.5, 0.6) is 11.5 Å². The van der Waals surface area contributed by atoms with Crippen molar-refractivity contribution >= 4 is 74.5 Å². The van der Waals surface area contributed by atoms with Crippen LogP contribution in [0, 0.1) is 0 Å². The molecule has 1 unspecified atom stereocenters. The molecule has 0 amide bonds. The molecular weight excluding hydrogens is 454 g/mol. The van der Waals surface area contributed by atoms with Crippen molar-refractivity contribution in [3.8, 4) is 11.5 Å². The van der Waals surface area contributed by atoms with E-state index in [0.717, 1.165) is 0 Å². The number of phenols is 1. The monoisotopic (exact) mass is 472 g/mol. The van der Waals surface area contributed by atoms with Gasteiger partial charge in [0.05, 0.1) is 31.7 Å². The lowest BCUT2D eigenvalue weighted by molar-refractivity contribution is -0.133. The van der Waals surface area contributed by atoms with Gasteiger partial charge in [0.15, 0.2) is 11.5 Å². The number of halogens is 4. The van der Waals surface area contributed by atoms with E-state index >= 15 is 0 Å². The summed E-state index contributed by atoms with van der Waals surface area (Å²) in [6.45, 7) is 11.7. The Balaban J connectivity index is 3.49. The normalized spacial score (nSPS) is 13.2. The summed E-state index contributed by atoms with van der Waals surface area (Å²) < 4.78 is 5.37. The summed E-state index contributed by atoms with van der Waals surface area (Å²) >= 11 is 23.8. The summed E-state index contributed by atoms with van der Waals surface area (Å²) in [5.74, 6) is 0.313. The van der Waals surface area contributed by atoms with E-state index in [1.807, 2.05) is 45.2 Å². The van der Waals surface area contributed by atoms with Gasteiger partial charge in [0, 0.05) is 5.20 Å². The molecule has 0 heterocycles. The van der Waals surface area contributed by atoms with Gasteiger partial charge in [-0.1, -0.05) is 85.7 Å². The van der Waals surface area contributed by atoms with Crippen molar-refractivity contribution in [1.82, 2.24) is 0 Å². The van der Waals surface area contributed by atoms with Crippen LogP contribution in [0.4, 0.5) is 0 Å². The first-order valence-corrected chi connectivity index (χ1v) is 16.3. The van der Waals surface area contributed by atoms with Crippen molar-refractivity contribution in [3.05, 3.63) is 25.3 Å². The highest BCUT2D eigenvalue weighted by Crippen LogP contribution is 2.50. The van der Waals surface area contributed by atoms with E-state index in [1.54, 1.807) is 0 Å². The molecule has 0 aliphatic rings. The van der Waals surface area contributed by atoms with Crippen molar-refractivity contribution in [3.63, 3.8) is 0 Å². The van der Waals surface area contributed by atoms with Crippen LogP contribution in [0.15, 0.2) is 5.20 Å². The lowest BCUT2D eigenvalue weighted by Gasteiger charge is -2.32. The number of benzene rings is 1. The summed E-state index contributed by atoms with van der Waals surface area (Å²) in [6, 6.07) is 0. The molecule has 0 saturated heterocycles. The fourth-order valence-corrected chi connectivity index (χ4v) is 8.85. The first kappa shape index (κ1) is 23.6. The maximum absolute atomic E-state index is 13.0. The molecular formula is C16H20Cl4O4Si2. The lowest BCUT2D eigenvalue weighted by Crippen LogP contribution is -2.43. The van der Waals surface area contributed by atoms with Crippen molar-refractivity contribution < 1.29 is 19.4 Å². The number of ether oxygens (including phenoxy) is 1. The highest BCUT2D eigenvalue weighted by Gasteiger charge is 2.43. The molecule has 1 aromatic carbocycles. The molecule has 1 rings (SSSR count). The Hall–Kier alpha value is -0.466. The number of phenolic OH excluding ortho intramolecular Hbond substituents is 1. The molecule has 144 valence electrons. The maximum atomic E-state index is 13.0. The van der Waals surface area contributed by atoms with Gasteiger partial charge in [-0.15, -0.1) is 0 Å². The molecule has 0 fully saturated rings. The highest BCUT2D eigenvalue weighted by molar-refractivity contribution is 6.90.